The topological polar surface area (TPSA) is 46.2 Å². The van der Waals surface area contributed by atoms with Crippen LogP contribution in [0.3, 0.4) is 0 Å². The lowest BCUT2D eigenvalue weighted by molar-refractivity contribution is 0.504. The van der Waals surface area contributed by atoms with Gasteiger partial charge in [0, 0.05) is 11.0 Å². The highest BCUT2D eigenvalue weighted by Gasteiger charge is 2.16. The van der Waals surface area contributed by atoms with E-state index in [0.717, 1.165) is 22.2 Å². The second-order valence-corrected chi connectivity index (χ2v) is 6.71. The predicted molar refractivity (Wildman–Crippen MR) is 74.5 cm³/mol. The Bertz CT molecular complexity index is 718. The summed E-state index contributed by atoms with van der Waals surface area (Å²) in [6.07, 6.45) is 0. The van der Waals surface area contributed by atoms with Crippen LogP contribution in [-0.2, 0) is 16.6 Å². The minimum Gasteiger partial charge on any atom is -0.207 e. The van der Waals surface area contributed by atoms with Crippen molar-refractivity contribution in [3.05, 3.63) is 64.1 Å². The average Bonchev–Trinajstić information content (AvgIpc) is 2.41. The van der Waals surface area contributed by atoms with Crippen LogP contribution in [0, 0.1) is 11.6 Å². The molecule has 0 heterocycles. The van der Waals surface area contributed by atoms with E-state index in [2.05, 4.69) is 20.7 Å². The van der Waals surface area contributed by atoms with E-state index in [1.165, 1.54) is 0 Å². The molecular weight excluding hydrogens is 352 g/mol. The standard InChI is InChI=1S/C13H10BrF2NO2S/c14-10-3-1-9(2-4-10)8-17-20(18,19)11-5-6-12(15)13(16)7-11/h1-7,17H,8H2. The lowest BCUT2D eigenvalue weighted by atomic mass is 10.2. The van der Waals surface area contributed by atoms with Crippen LogP contribution in [0.1, 0.15) is 5.56 Å². The highest BCUT2D eigenvalue weighted by Crippen LogP contribution is 2.15. The summed E-state index contributed by atoms with van der Waals surface area (Å²) in [5.74, 6) is -2.28. The van der Waals surface area contributed by atoms with Gasteiger partial charge in [-0.25, -0.2) is 21.9 Å². The summed E-state index contributed by atoms with van der Waals surface area (Å²) >= 11 is 3.27. The van der Waals surface area contributed by atoms with Crippen molar-refractivity contribution in [2.75, 3.05) is 0 Å². The van der Waals surface area contributed by atoms with Crippen LogP contribution in [0.4, 0.5) is 8.78 Å². The molecule has 0 aliphatic heterocycles. The van der Waals surface area contributed by atoms with Gasteiger partial charge in [0.25, 0.3) is 0 Å². The zero-order valence-electron chi connectivity index (χ0n) is 10.1. The van der Waals surface area contributed by atoms with E-state index in [9.17, 15) is 17.2 Å². The van der Waals surface area contributed by atoms with Gasteiger partial charge in [-0.3, -0.25) is 0 Å². The lowest BCUT2D eigenvalue weighted by Gasteiger charge is -2.07. The van der Waals surface area contributed by atoms with Gasteiger partial charge in [0.2, 0.25) is 10.0 Å². The first-order valence-corrected chi connectivity index (χ1v) is 7.85. The van der Waals surface area contributed by atoms with Crippen LogP contribution in [0.25, 0.3) is 0 Å². The fourth-order valence-electron chi connectivity index (χ4n) is 1.51. The number of benzene rings is 2. The molecule has 0 fully saturated rings. The quantitative estimate of drug-likeness (QED) is 0.908. The van der Waals surface area contributed by atoms with Crippen LogP contribution >= 0.6 is 15.9 Å². The van der Waals surface area contributed by atoms with Crippen molar-refractivity contribution in [3.8, 4) is 0 Å². The molecule has 0 amide bonds. The zero-order chi connectivity index (χ0) is 14.8. The minimum atomic E-state index is -3.88. The molecule has 0 aromatic heterocycles. The van der Waals surface area contributed by atoms with Gasteiger partial charge in [-0.05, 0) is 35.9 Å². The number of nitrogens with one attached hydrogen (secondary N) is 1. The molecule has 0 bridgehead atoms. The monoisotopic (exact) mass is 361 g/mol. The summed E-state index contributed by atoms with van der Waals surface area (Å²) < 4.78 is 52.9. The highest BCUT2D eigenvalue weighted by atomic mass is 79.9. The second-order valence-electron chi connectivity index (χ2n) is 4.03. The van der Waals surface area contributed by atoms with E-state index in [4.69, 9.17) is 0 Å². The van der Waals surface area contributed by atoms with Crippen molar-refractivity contribution >= 4 is 26.0 Å². The molecule has 2 aromatic carbocycles. The third kappa shape index (κ3) is 3.62. The number of sulfonamides is 1. The molecule has 0 atom stereocenters. The third-order valence-electron chi connectivity index (χ3n) is 2.58. The van der Waals surface area contributed by atoms with Crippen molar-refractivity contribution in [3.63, 3.8) is 0 Å². The normalized spacial score (nSPS) is 11.6. The smallest absolute Gasteiger partial charge is 0.207 e. The van der Waals surface area contributed by atoms with Crippen LogP contribution in [-0.4, -0.2) is 8.42 Å². The molecule has 3 nitrogen and oxygen atoms in total. The van der Waals surface area contributed by atoms with Crippen molar-refractivity contribution < 1.29 is 17.2 Å². The molecule has 0 unspecified atom stereocenters. The summed E-state index contributed by atoms with van der Waals surface area (Å²) in [5.41, 5.74) is 0.749. The Morgan fingerprint density at radius 1 is 1.00 bits per heavy atom. The molecule has 0 aliphatic carbocycles. The maximum atomic E-state index is 13.0. The predicted octanol–water partition coefficient (Wildman–Crippen LogP) is 3.21. The molecule has 0 aliphatic rings. The van der Waals surface area contributed by atoms with Crippen molar-refractivity contribution in [1.82, 2.24) is 4.72 Å². The van der Waals surface area contributed by atoms with Crippen molar-refractivity contribution in [2.24, 2.45) is 0 Å². The van der Waals surface area contributed by atoms with Gasteiger partial charge in [0.05, 0.1) is 4.90 Å². The van der Waals surface area contributed by atoms with E-state index in [0.29, 0.717) is 6.07 Å². The highest BCUT2D eigenvalue weighted by molar-refractivity contribution is 9.10. The summed E-state index contributed by atoms with van der Waals surface area (Å²) in [4.78, 5) is -0.312. The second kappa shape index (κ2) is 5.99. The van der Waals surface area contributed by atoms with Crippen LogP contribution < -0.4 is 4.72 Å². The molecule has 1 N–H and O–H groups in total. The largest absolute Gasteiger partial charge is 0.240 e. The molecule has 0 spiro atoms. The Balaban J connectivity index is 2.14. The summed E-state index contributed by atoms with van der Waals surface area (Å²) in [6.45, 7) is 0.0641. The van der Waals surface area contributed by atoms with Crippen LogP contribution in [0.2, 0.25) is 0 Å². The van der Waals surface area contributed by atoms with E-state index in [1.54, 1.807) is 24.3 Å². The number of hydrogen-bond donors (Lipinski definition) is 1. The Labute approximate surface area is 123 Å². The number of halogens is 3. The first kappa shape index (κ1) is 15.1. The van der Waals surface area contributed by atoms with Gasteiger partial charge >= 0.3 is 0 Å². The third-order valence-corrected chi connectivity index (χ3v) is 4.51. The molecule has 0 saturated heterocycles. The van der Waals surface area contributed by atoms with Gasteiger partial charge in [0.15, 0.2) is 11.6 Å². The van der Waals surface area contributed by atoms with E-state index >= 15 is 0 Å². The minimum absolute atomic E-state index is 0.0641. The summed E-state index contributed by atoms with van der Waals surface area (Å²) in [5, 5.41) is 0. The van der Waals surface area contributed by atoms with Crippen LogP contribution in [0.5, 0.6) is 0 Å². The number of rotatable bonds is 4. The molecule has 0 saturated carbocycles. The zero-order valence-corrected chi connectivity index (χ0v) is 12.5. The molecule has 106 valence electrons. The SMILES string of the molecule is O=S(=O)(NCc1ccc(Br)cc1)c1ccc(F)c(F)c1. The van der Waals surface area contributed by atoms with Crippen molar-refractivity contribution in [2.45, 2.75) is 11.4 Å². The molecule has 0 radical (unpaired) electrons. The van der Waals surface area contributed by atoms with Crippen LogP contribution in [0.15, 0.2) is 51.8 Å². The Morgan fingerprint density at radius 2 is 1.65 bits per heavy atom. The molecule has 20 heavy (non-hydrogen) atoms. The van der Waals surface area contributed by atoms with Gasteiger partial charge in [-0.2, -0.15) is 0 Å². The average molecular weight is 362 g/mol. The maximum Gasteiger partial charge on any atom is 0.240 e. The van der Waals surface area contributed by atoms with Crippen molar-refractivity contribution in [1.29, 1.82) is 0 Å². The Kier molecular flexibility index (Phi) is 4.52. The molecule has 2 rings (SSSR count). The first-order chi connectivity index (χ1) is 9.38. The van der Waals surface area contributed by atoms with Gasteiger partial charge < -0.3 is 0 Å². The number of hydrogen-bond acceptors (Lipinski definition) is 2. The van der Waals surface area contributed by atoms with E-state index in [-0.39, 0.29) is 11.4 Å². The van der Waals surface area contributed by atoms with E-state index in [1.807, 2.05) is 0 Å². The molecule has 7 heteroatoms. The summed E-state index contributed by atoms with van der Waals surface area (Å²) in [6, 6.07) is 9.50. The fraction of sp³-hybridized carbons (Fsp3) is 0.0769. The van der Waals surface area contributed by atoms with E-state index < -0.39 is 21.7 Å². The van der Waals surface area contributed by atoms with Gasteiger partial charge in [-0.1, -0.05) is 28.1 Å². The maximum absolute atomic E-state index is 13.0. The fourth-order valence-corrected chi connectivity index (χ4v) is 2.80. The summed E-state index contributed by atoms with van der Waals surface area (Å²) in [7, 11) is -3.88. The first-order valence-electron chi connectivity index (χ1n) is 5.58. The molecular formula is C13H10BrF2NO2S. The van der Waals surface area contributed by atoms with Gasteiger partial charge in [-0.15, -0.1) is 0 Å². The van der Waals surface area contributed by atoms with Gasteiger partial charge in [0.1, 0.15) is 0 Å². The Hall–Kier alpha value is -1.31. The molecule has 2 aromatic rings. The lowest BCUT2D eigenvalue weighted by Crippen LogP contribution is -2.23. The Morgan fingerprint density at radius 3 is 2.25 bits per heavy atom.